The molecule has 0 fully saturated rings. The molecule has 1 amide bonds. The maximum Gasteiger partial charge on any atom is 0.250 e. The van der Waals surface area contributed by atoms with Gasteiger partial charge in [0.2, 0.25) is 0 Å². The molecular formula is C23H27N5O3S. The predicted molar refractivity (Wildman–Crippen MR) is 126 cm³/mol. The van der Waals surface area contributed by atoms with Gasteiger partial charge in [-0.3, -0.25) is 4.79 Å². The van der Waals surface area contributed by atoms with Crippen molar-refractivity contribution in [2.24, 2.45) is 5.10 Å². The largest absolute Gasteiger partial charge is 0.508 e. The molecule has 1 heterocycles. The number of carbonyl (C=O) groups is 1. The number of thioether (sulfide) groups is 1. The number of hydrogen-bond acceptors (Lipinski definition) is 7. The van der Waals surface area contributed by atoms with Crippen LogP contribution in [0.4, 0.5) is 0 Å². The fourth-order valence-corrected chi connectivity index (χ4v) is 3.79. The molecule has 0 radical (unpaired) electrons. The third-order valence-electron chi connectivity index (χ3n) is 4.78. The topological polar surface area (TPSA) is 113 Å². The van der Waals surface area contributed by atoms with Crippen LogP contribution in [-0.2, 0) is 16.8 Å². The van der Waals surface area contributed by atoms with Crippen LogP contribution < -0.4 is 5.43 Å². The van der Waals surface area contributed by atoms with E-state index in [4.69, 9.17) is 0 Å². The van der Waals surface area contributed by atoms with Gasteiger partial charge in [0.25, 0.3) is 5.91 Å². The van der Waals surface area contributed by atoms with Gasteiger partial charge in [-0.25, -0.2) is 5.43 Å². The van der Waals surface area contributed by atoms with E-state index in [0.717, 1.165) is 11.4 Å². The third-order valence-corrected chi connectivity index (χ3v) is 5.75. The second-order valence-electron chi connectivity index (χ2n) is 8.20. The molecule has 168 valence electrons. The molecule has 0 unspecified atom stereocenters. The quantitative estimate of drug-likeness (QED) is 0.284. The molecule has 3 rings (SSSR count). The van der Waals surface area contributed by atoms with Crippen LogP contribution in [0.2, 0.25) is 0 Å². The Hall–Kier alpha value is -3.33. The van der Waals surface area contributed by atoms with Crippen molar-refractivity contribution in [1.29, 1.82) is 0 Å². The number of benzene rings is 2. The van der Waals surface area contributed by atoms with E-state index < -0.39 is 0 Å². The molecule has 0 saturated carbocycles. The summed E-state index contributed by atoms with van der Waals surface area (Å²) >= 11 is 1.27. The highest BCUT2D eigenvalue weighted by Gasteiger charge is 2.17. The SMILES string of the molecule is CCn1c(SCC(=O)N/N=C/c2ccc(O)cc2O)nnc1-c1ccc(C(C)(C)C)cc1. The Morgan fingerprint density at radius 2 is 1.88 bits per heavy atom. The van der Waals surface area contributed by atoms with Crippen molar-refractivity contribution in [2.45, 2.75) is 44.8 Å². The molecule has 0 bridgehead atoms. The number of aromatic hydroxyl groups is 2. The second-order valence-corrected chi connectivity index (χ2v) is 9.15. The zero-order valence-electron chi connectivity index (χ0n) is 18.5. The number of nitrogens with one attached hydrogen (secondary N) is 1. The van der Waals surface area contributed by atoms with Gasteiger partial charge in [-0.1, -0.05) is 56.8 Å². The van der Waals surface area contributed by atoms with Crippen LogP contribution in [0, 0.1) is 0 Å². The number of phenols is 2. The fourth-order valence-electron chi connectivity index (χ4n) is 2.99. The van der Waals surface area contributed by atoms with Gasteiger partial charge in [0.15, 0.2) is 11.0 Å². The predicted octanol–water partition coefficient (Wildman–Crippen LogP) is 3.92. The van der Waals surface area contributed by atoms with Gasteiger partial charge in [-0.2, -0.15) is 5.10 Å². The first-order chi connectivity index (χ1) is 15.2. The van der Waals surface area contributed by atoms with E-state index in [0.29, 0.717) is 17.3 Å². The molecule has 0 saturated heterocycles. The lowest BCUT2D eigenvalue weighted by atomic mass is 9.87. The minimum Gasteiger partial charge on any atom is -0.508 e. The average Bonchev–Trinajstić information content (AvgIpc) is 3.16. The number of nitrogens with zero attached hydrogens (tertiary/aromatic N) is 4. The lowest BCUT2D eigenvalue weighted by Gasteiger charge is -2.19. The average molecular weight is 454 g/mol. The van der Waals surface area contributed by atoms with Crippen LogP contribution in [0.1, 0.15) is 38.8 Å². The fraction of sp³-hybridized carbons (Fsp3) is 0.304. The summed E-state index contributed by atoms with van der Waals surface area (Å²) in [5.74, 6) is 0.379. The molecular weight excluding hydrogens is 426 g/mol. The van der Waals surface area contributed by atoms with Gasteiger partial charge in [0.1, 0.15) is 11.5 Å². The highest BCUT2D eigenvalue weighted by molar-refractivity contribution is 7.99. The van der Waals surface area contributed by atoms with Gasteiger partial charge in [0, 0.05) is 23.7 Å². The van der Waals surface area contributed by atoms with Crippen LogP contribution in [0.15, 0.2) is 52.7 Å². The summed E-state index contributed by atoms with van der Waals surface area (Å²) in [5.41, 5.74) is 5.10. The number of rotatable bonds is 7. The Morgan fingerprint density at radius 1 is 1.16 bits per heavy atom. The molecule has 3 aromatic rings. The monoisotopic (exact) mass is 453 g/mol. The summed E-state index contributed by atoms with van der Waals surface area (Å²) < 4.78 is 1.97. The molecule has 0 aliphatic heterocycles. The Bertz CT molecular complexity index is 1120. The number of carbonyl (C=O) groups excluding carboxylic acids is 1. The summed E-state index contributed by atoms with van der Waals surface area (Å²) in [6.07, 6.45) is 1.31. The van der Waals surface area contributed by atoms with Crippen LogP contribution in [0.5, 0.6) is 11.5 Å². The summed E-state index contributed by atoms with van der Waals surface area (Å²) in [7, 11) is 0. The highest BCUT2D eigenvalue weighted by Crippen LogP contribution is 2.27. The smallest absolute Gasteiger partial charge is 0.250 e. The Balaban J connectivity index is 1.62. The molecule has 8 nitrogen and oxygen atoms in total. The van der Waals surface area contributed by atoms with Crippen molar-refractivity contribution in [3.63, 3.8) is 0 Å². The van der Waals surface area contributed by atoms with Crippen LogP contribution >= 0.6 is 11.8 Å². The Morgan fingerprint density at radius 3 is 2.50 bits per heavy atom. The zero-order chi connectivity index (χ0) is 23.3. The highest BCUT2D eigenvalue weighted by atomic mass is 32.2. The minimum absolute atomic E-state index is 0.0513. The van der Waals surface area contributed by atoms with Crippen molar-refractivity contribution in [3.05, 3.63) is 53.6 Å². The van der Waals surface area contributed by atoms with Gasteiger partial charge >= 0.3 is 0 Å². The van der Waals surface area contributed by atoms with E-state index in [-0.39, 0.29) is 28.6 Å². The van der Waals surface area contributed by atoms with E-state index in [2.05, 4.69) is 53.6 Å². The molecule has 9 heteroatoms. The lowest BCUT2D eigenvalue weighted by Crippen LogP contribution is -2.20. The van der Waals surface area contributed by atoms with Crippen molar-refractivity contribution >= 4 is 23.9 Å². The van der Waals surface area contributed by atoms with E-state index >= 15 is 0 Å². The van der Waals surface area contributed by atoms with Gasteiger partial charge in [0.05, 0.1) is 12.0 Å². The third kappa shape index (κ3) is 5.67. The summed E-state index contributed by atoms with van der Waals surface area (Å²) in [6, 6.07) is 12.4. The number of hydrogen-bond donors (Lipinski definition) is 3. The molecule has 32 heavy (non-hydrogen) atoms. The van der Waals surface area contributed by atoms with Crippen molar-refractivity contribution < 1.29 is 15.0 Å². The summed E-state index contributed by atoms with van der Waals surface area (Å²) in [5, 5.41) is 32.1. The first kappa shape index (κ1) is 23.3. The van der Waals surface area contributed by atoms with Gasteiger partial charge < -0.3 is 14.8 Å². The first-order valence-electron chi connectivity index (χ1n) is 10.2. The van der Waals surface area contributed by atoms with E-state index in [9.17, 15) is 15.0 Å². The van der Waals surface area contributed by atoms with Crippen LogP contribution in [0.25, 0.3) is 11.4 Å². The molecule has 3 N–H and O–H groups in total. The molecule has 1 aromatic heterocycles. The Labute approximate surface area is 191 Å². The Kier molecular flexibility index (Phi) is 7.19. The van der Waals surface area contributed by atoms with E-state index in [1.807, 2.05) is 23.6 Å². The van der Waals surface area contributed by atoms with Crippen LogP contribution in [-0.4, -0.2) is 42.9 Å². The number of amides is 1. The maximum absolute atomic E-state index is 12.1. The molecule has 0 atom stereocenters. The van der Waals surface area contributed by atoms with Crippen LogP contribution in [0.3, 0.4) is 0 Å². The number of hydrazone groups is 1. The standard InChI is InChI=1S/C23H27N5O3S/c1-5-28-21(15-6-9-17(10-7-15)23(2,3)4)26-27-22(28)32-14-20(31)25-24-13-16-8-11-18(29)12-19(16)30/h6-13,29-30H,5,14H2,1-4H3,(H,25,31)/b24-13+. The molecule has 0 spiro atoms. The van der Waals surface area contributed by atoms with Crippen molar-refractivity contribution in [1.82, 2.24) is 20.2 Å². The van der Waals surface area contributed by atoms with Gasteiger partial charge in [-0.15, -0.1) is 10.2 Å². The molecule has 0 aliphatic carbocycles. The summed E-state index contributed by atoms with van der Waals surface area (Å²) in [6.45, 7) is 9.20. The van der Waals surface area contributed by atoms with Crippen molar-refractivity contribution in [3.8, 4) is 22.9 Å². The van der Waals surface area contributed by atoms with E-state index in [1.54, 1.807) is 0 Å². The maximum atomic E-state index is 12.1. The summed E-state index contributed by atoms with van der Waals surface area (Å²) in [4.78, 5) is 12.1. The number of aromatic nitrogens is 3. The molecule has 2 aromatic carbocycles. The normalized spacial score (nSPS) is 11.8. The van der Waals surface area contributed by atoms with E-state index in [1.165, 1.54) is 41.7 Å². The zero-order valence-corrected chi connectivity index (χ0v) is 19.3. The second kappa shape index (κ2) is 9.86. The lowest BCUT2D eigenvalue weighted by molar-refractivity contribution is -0.118. The van der Waals surface area contributed by atoms with Gasteiger partial charge in [-0.05, 0) is 30.0 Å². The minimum atomic E-state index is -0.314. The number of phenolic OH excluding ortho intramolecular Hbond substituents is 2. The molecule has 0 aliphatic rings. The van der Waals surface area contributed by atoms with Crippen molar-refractivity contribution in [2.75, 3.05) is 5.75 Å². The first-order valence-corrected chi connectivity index (χ1v) is 11.2.